The van der Waals surface area contributed by atoms with Gasteiger partial charge in [0.1, 0.15) is 12.4 Å². The lowest BCUT2D eigenvalue weighted by molar-refractivity contribution is -0.114. The molecule has 2 amide bonds. The summed E-state index contributed by atoms with van der Waals surface area (Å²) < 4.78 is 5.53. The van der Waals surface area contributed by atoms with E-state index in [4.69, 9.17) is 22.1 Å². The zero-order valence-electron chi connectivity index (χ0n) is 11.1. The van der Waals surface area contributed by atoms with E-state index >= 15 is 0 Å². The maximum Gasteiger partial charge on any atom is 0.252 e. The van der Waals surface area contributed by atoms with Crippen LogP contribution in [0.5, 0.6) is 5.75 Å². The SMILES string of the molecule is CC(=O)Nc1nc(COc2ccc(Cl)cc2C(N)=O)cs1. The lowest BCUT2D eigenvalue weighted by Crippen LogP contribution is -2.13. The minimum Gasteiger partial charge on any atom is -0.486 e. The van der Waals surface area contributed by atoms with Crippen LogP contribution >= 0.6 is 22.9 Å². The molecule has 0 aliphatic carbocycles. The van der Waals surface area contributed by atoms with Crippen LogP contribution in [0.4, 0.5) is 5.13 Å². The summed E-state index contributed by atoms with van der Waals surface area (Å²) in [6.45, 7) is 1.56. The number of benzene rings is 1. The monoisotopic (exact) mass is 325 g/mol. The second-order valence-electron chi connectivity index (χ2n) is 4.12. The van der Waals surface area contributed by atoms with E-state index in [1.54, 1.807) is 17.5 Å². The first-order valence-corrected chi connectivity index (χ1v) is 7.15. The fourth-order valence-corrected chi connectivity index (χ4v) is 2.47. The lowest BCUT2D eigenvalue weighted by Gasteiger charge is -2.08. The van der Waals surface area contributed by atoms with Crippen molar-refractivity contribution in [1.29, 1.82) is 0 Å². The molecule has 2 aromatic rings. The van der Waals surface area contributed by atoms with E-state index < -0.39 is 5.91 Å². The van der Waals surface area contributed by atoms with Gasteiger partial charge in [0.05, 0.1) is 11.3 Å². The van der Waals surface area contributed by atoms with Gasteiger partial charge in [0.25, 0.3) is 5.91 Å². The van der Waals surface area contributed by atoms with Crippen molar-refractivity contribution in [3.63, 3.8) is 0 Å². The highest BCUT2D eigenvalue weighted by atomic mass is 35.5. The molecule has 3 N–H and O–H groups in total. The van der Waals surface area contributed by atoms with Gasteiger partial charge in [-0.05, 0) is 18.2 Å². The summed E-state index contributed by atoms with van der Waals surface area (Å²) >= 11 is 7.11. The van der Waals surface area contributed by atoms with Gasteiger partial charge < -0.3 is 15.8 Å². The standard InChI is InChI=1S/C13H12ClN3O3S/c1-7(18)16-13-17-9(6-21-13)5-20-11-3-2-8(14)4-10(11)12(15)19/h2-4,6H,5H2,1H3,(H2,15,19)(H,16,17,18). The smallest absolute Gasteiger partial charge is 0.252 e. The Morgan fingerprint density at radius 1 is 1.48 bits per heavy atom. The number of anilines is 1. The zero-order valence-corrected chi connectivity index (χ0v) is 12.6. The Morgan fingerprint density at radius 2 is 2.24 bits per heavy atom. The Labute approximate surface area is 129 Å². The number of amides is 2. The van der Waals surface area contributed by atoms with Crippen LogP contribution in [0, 0.1) is 0 Å². The minimum absolute atomic E-state index is 0.151. The Balaban J connectivity index is 2.08. The molecule has 0 spiro atoms. The number of carbonyl (C=O) groups excluding carboxylic acids is 2. The van der Waals surface area contributed by atoms with Crippen LogP contribution < -0.4 is 15.8 Å². The van der Waals surface area contributed by atoms with E-state index in [0.29, 0.717) is 21.6 Å². The fraction of sp³-hybridized carbons (Fsp3) is 0.154. The highest BCUT2D eigenvalue weighted by Gasteiger charge is 2.11. The van der Waals surface area contributed by atoms with E-state index in [0.717, 1.165) is 0 Å². The number of hydrogen-bond donors (Lipinski definition) is 2. The van der Waals surface area contributed by atoms with Gasteiger partial charge in [0.15, 0.2) is 5.13 Å². The second kappa shape index (κ2) is 6.55. The highest BCUT2D eigenvalue weighted by molar-refractivity contribution is 7.13. The lowest BCUT2D eigenvalue weighted by atomic mass is 10.2. The molecule has 2 rings (SSSR count). The van der Waals surface area contributed by atoms with Gasteiger partial charge in [0, 0.05) is 17.3 Å². The van der Waals surface area contributed by atoms with Gasteiger partial charge in [-0.15, -0.1) is 11.3 Å². The third-order valence-electron chi connectivity index (χ3n) is 2.42. The van der Waals surface area contributed by atoms with Crippen molar-refractivity contribution < 1.29 is 14.3 Å². The zero-order chi connectivity index (χ0) is 15.4. The quantitative estimate of drug-likeness (QED) is 0.882. The first-order chi connectivity index (χ1) is 9.95. The first-order valence-electron chi connectivity index (χ1n) is 5.90. The normalized spacial score (nSPS) is 10.2. The molecule has 6 nitrogen and oxygen atoms in total. The summed E-state index contributed by atoms with van der Waals surface area (Å²) in [5.74, 6) is -0.476. The average Bonchev–Trinajstić information content (AvgIpc) is 2.83. The van der Waals surface area contributed by atoms with Crippen LogP contribution in [0.2, 0.25) is 5.02 Å². The van der Waals surface area contributed by atoms with Crippen molar-refractivity contribution in [2.75, 3.05) is 5.32 Å². The number of primary amides is 1. The van der Waals surface area contributed by atoms with Gasteiger partial charge in [-0.25, -0.2) is 4.98 Å². The number of nitrogens with two attached hydrogens (primary N) is 1. The van der Waals surface area contributed by atoms with Crippen LogP contribution in [-0.4, -0.2) is 16.8 Å². The molecule has 0 aliphatic heterocycles. The number of hydrogen-bond acceptors (Lipinski definition) is 5. The molecule has 1 aromatic heterocycles. The number of ether oxygens (including phenoxy) is 1. The van der Waals surface area contributed by atoms with Gasteiger partial charge in [-0.2, -0.15) is 0 Å². The van der Waals surface area contributed by atoms with Crippen LogP contribution in [0.15, 0.2) is 23.6 Å². The first kappa shape index (κ1) is 15.3. The third kappa shape index (κ3) is 4.17. The molecule has 21 heavy (non-hydrogen) atoms. The highest BCUT2D eigenvalue weighted by Crippen LogP contribution is 2.24. The number of carbonyl (C=O) groups is 2. The second-order valence-corrected chi connectivity index (χ2v) is 5.41. The molecule has 1 heterocycles. The summed E-state index contributed by atoms with van der Waals surface area (Å²) in [5.41, 5.74) is 6.11. The van der Waals surface area contributed by atoms with Crippen LogP contribution in [0.3, 0.4) is 0 Å². The number of aromatic nitrogens is 1. The molecule has 0 fully saturated rings. The fourth-order valence-electron chi connectivity index (χ4n) is 1.55. The summed E-state index contributed by atoms with van der Waals surface area (Å²) in [6, 6.07) is 4.62. The molecular formula is C13H12ClN3O3S. The topological polar surface area (TPSA) is 94.3 Å². The van der Waals surface area contributed by atoms with E-state index in [1.165, 1.54) is 24.3 Å². The molecular weight excluding hydrogens is 314 g/mol. The van der Waals surface area contributed by atoms with E-state index in [-0.39, 0.29) is 18.1 Å². The van der Waals surface area contributed by atoms with Gasteiger partial charge in [-0.1, -0.05) is 11.6 Å². The van der Waals surface area contributed by atoms with E-state index in [1.807, 2.05) is 0 Å². The van der Waals surface area contributed by atoms with Crippen molar-refractivity contribution in [3.8, 4) is 5.75 Å². The largest absolute Gasteiger partial charge is 0.486 e. The van der Waals surface area contributed by atoms with Crippen LogP contribution in [0.25, 0.3) is 0 Å². The number of thiazole rings is 1. The average molecular weight is 326 g/mol. The molecule has 0 saturated heterocycles. The van der Waals surface area contributed by atoms with E-state index in [9.17, 15) is 9.59 Å². The van der Waals surface area contributed by atoms with Crippen molar-refractivity contribution >= 4 is 39.9 Å². The Kier molecular flexibility index (Phi) is 4.77. The van der Waals surface area contributed by atoms with Crippen molar-refractivity contribution in [2.45, 2.75) is 13.5 Å². The Bertz CT molecular complexity index is 687. The number of nitrogens with zero attached hydrogens (tertiary/aromatic N) is 1. The summed E-state index contributed by atoms with van der Waals surface area (Å²) in [5, 5.41) is 5.23. The molecule has 0 saturated carbocycles. The predicted molar refractivity (Wildman–Crippen MR) is 80.7 cm³/mol. The predicted octanol–water partition coefficient (Wildman–Crippen LogP) is 2.43. The number of rotatable bonds is 5. The molecule has 0 atom stereocenters. The van der Waals surface area contributed by atoms with Crippen LogP contribution in [0.1, 0.15) is 23.0 Å². The molecule has 0 unspecified atom stereocenters. The van der Waals surface area contributed by atoms with Gasteiger partial charge in [-0.3, -0.25) is 9.59 Å². The summed E-state index contributed by atoms with van der Waals surface area (Å²) in [7, 11) is 0. The van der Waals surface area contributed by atoms with Gasteiger partial charge >= 0.3 is 0 Å². The summed E-state index contributed by atoms with van der Waals surface area (Å²) in [6.07, 6.45) is 0. The Hall–Kier alpha value is -2.12. The number of nitrogens with one attached hydrogen (secondary N) is 1. The molecule has 8 heteroatoms. The molecule has 0 bridgehead atoms. The van der Waals surface area contributed by atoms with Crippen molar-refractivity contribution in [2.24, 2.45) is 5.73 Å². The molecule has 1 aromatic carbocycles. The van der Waals surface area contributed by atoms with Gasteiger partial charge in [0.2, 0.25) is 5.91 Å². The number of halogens is 1. The Morgan fingerprint density at radius 3 is 2.90 bits per heavy atom. The van der Waals surface area contributed by atoms with E-state index in [2.05, 4.69) is 10.3 Å². The van der Waals surface area contributed by atoms with Crippen molar-refractivity contribution in [1.82, 2.24) is 4.98 Å². The third-order valence-corrected chi connectivity index (χ3v) is 3.46. The summed E-state index contributed by atoms with van der Waals surface area (Å²) in [4.78, 5) is 26.4. The van der Waals surface area contributed by atoms with Crippen LogP contribution in [-0.2, 0) is 11.4 Å². The van der Waals surface area contributed by atoms with Crippen molar-refractivity contribution in [3.05, 3.63) is 39.9 Å². The molecule has 0 radical (unpaired) electrons. The maximum absolute atomic E-state index is 11.3. The molecule has 110 valence electrons. The minimum atomic E-state index is -0.621. The maximum atomic E-state index is 11.3. The molecule has 0 aliphatic rings.